The quantitative estimate of drug-likeness (QED) is 0.130. The molecule has 21 heavy (non-hydrogen) atoms. The zero-order valence-electron chi connectivity index (χ0n) is 11.9. The Hall–Kier alpha value is -2.39. The molecule has 1 amide bonds. The van der Waals surface area contributed by atoms with Crippen LogP contribution in [0.2, 0.25) is 0 Å². The molecular weight excluding hydrogens is 282 g/mol. The lowest BCUT2D eigenvalue weighted by molar-refractivity contribution is -0.640. The number of rotatable bonds is 10. The molecule has 0 heterocycles. The number of carbonyl (C=O) groups excluding carboxylic acids is 2. The largest absolute Gasteiger partial charge is 0.468 e. The van der Waals surface area contributed by atoms with Crippen molar-refractivity contribution < 1.29 is 19.4 Å². The molecule has 0 radical (unpaired) electrons. The van der Waals surface area contributed by atoms with Crippen molar-refractivity contribution in [3.8, 4) is 0 Å². The van der Waals surface area contributed by atoms with Gasteiger partial charge in [0.1, 0.15) is 6.29 Å². The second kappa shape index (κ2) is 10.4. The monoisotopic (exact) mass is 303 g/mol. The van der Waals surface area contributed by atoms with E-state index in [1.807, 2.05) is 6.92 Å². The third-order valence-electron chi connectivity index (χ3n) is 2.55. The van der Waals surface area contributed by atoms with Gasteiger partial charge in [-0.05, 0) is 24.3 Å². The highest BCUT2D eigenvalue weighted by atomic mass is 16.7. The number of hydrogen-bond acceptors (Lipinski definition) is 6. The van der Waals surface area contributed by atoms with Gasteiger partial charge >= 0.3 is 6.09 Å². The third kappa shape index (κ3) is 7.70. The standard InChI is InChI=1S/C11H21N5O5/c1-2-3-7-21-11(18)15(16(19)20)9(8-17)5-4-6-14-10(12)13/h8-9H,2-7H2,1H3,(H4,12,13,14). The summed E-state index contributed by atoms with van der Waals surface area (Å²) in [6.45, 7) is 2.22. The number of aldehydes is 1. The second-order valence-corrected chi connectivity index (χ2v) is 4.24. The molecule has 4 N–H and O–H groups in total. The maximum absolute atomic E-state index is 11.6. The van der Waals surface area contributed by atoms with Gasteiger partial charge < -0.3 is 20.6 Å². The number of carbonyl (C=O) groups is 2. The smallest absolute Gasteiger partial charge is 0.446 e. The van der Waals surface area contributed by atoms with Crippen molar-refractivity contribution in [1.29, 1.82) is 5.41 Å². The summed E-state index contributed by atoms with van der Waals surface area (Å²) >= 11 is 0. The first-order valence-corrected chi connectivity index (χ1v) is 6.57. The zero-order valence-corrected chi connectivity index (χ0v) is 11.9. The van der Waals surface area contributed by atoms with Crippen molar-refractivity contribution in [3.63, 3.8) is 0 Å². The summed E-state index contributed by atoms with van der Waals surface area (Å²) < 4.78 is 4.75. The van der Waals surface area contributed by atoms with Crippen molar-refractivity contribution in [2.75, 3.05) is 13.2 Å². The fraction of sp³-hybridized carbons (Fsp3) is 0.727. The molecule has 120 valence electrons. The normalized spacial score (nSPS) is 11.3. The Morgan fingerprint density at radius 1 is 1.57 bits per heavy atom. The lowest BCUT2D eigenvalue weighted by Gasteiger charge is -2.18. The van der Waals surface area contributed by atoms with E-state index >= 15 is 0 Å². The van der Waals surface area contributed by atoms with E-state index in [2.05, 4.69) is 5.32 Å². The van der Waals surface area contributed by atoms with Crippen molar-refractivity contribution in [3.05, 3.63) is 10.1 Å². The van der Waals surface area contributed by atoms with Gasteiger partial charge in [-0.3, -0.25) is 5.41 Å². The number of guanidine groups is 1. The number of hydrazine groups is 1. The number of nitrogens with two attached hydrogens (primary N) is 1. The summed E-state index contributed by atoms with van der Waals surface area (Å²) in [5.74, 6) is -0.234. The highest BCUT2D eigenvalue weighted by Gasteiger charge is 2.34. The highest BCUT2D eigenvalue weighted by Crippen LogP contribution is 2.08. The van der Waals surface area contributed by atoms with Gasteiger partial charge in [-0.2, -0.15) is 0 Å². The number of nitrogens with zero attached hydrogens (tertiary/aromatic N) is 2. The summed E-state index contributed by atoms with van der Waals surface area (Å²) in [5, 5.41) is 19.6. The molecule has 0 aliphatic heterocycles. The molecule has 0 bridgehead atoms. The Labute approximate surface area is 122 Å². The first-order valence-electron chi connectivity index (χ1n) is 6.57. The predicted octanol–water partition coefficient (Wildman–Crippen LogP) is 0.248. The third-order valence-corrected chi connectivity index (χ3v) is 2.55. The summed E-state index contributed by atoms with van der Waals surface area (Å²) in [5.41, 5.74) is 5.08. The van der Waals surface area contributed by atoms with Gasteiger partial charge in [0, 0.05) is 6.54 Å². The summed E-state index contributed by atoms with van der Waals surface area (Å²) in [6.07, 6.45) is 0.941. The van der Waals surface area contributed by atoms with Gasteiger partial charge in [-0.15, -0.1) is 0 Å². The number of nitrogens with one attached hydrogen (secondary N) is 2. The Bertz CT molecular complexity index is 376. The second-order valence-electron chi connectivity index (χ2n) is 4.24. The number of nitro groups is 1. The topological polar surface area (TPSA) is 152 Å². The Balaban J connectivity index is 4.50. The molecule has 0 aromatic rings. The van der Waals surface area contributed by atoms with Gasteiger partial charge in [-0.25, -0.2) is 14.9 Å². The molecule has 1 unspecified atom stereocenters. The van der Waals surface area contributed by atoms with Gasteiger partial charge in [-0.1, -0.05) is 13.3 Å². The minimum absolute atomic E-state index is 0.0631. The average Bonchev–Trinajstić information content (AvgIpc) is 2.41. The van der Waals surface area contributed by atoms with Gasteiger partial charge in [0.2, 0.25) is 0 Å². The Morgan fingerprint density at radius 2 is 2.24 bits per heavy atom. The fourth-order valence-electron chi connectivity index (χ4n) is 1.48. The van der Waals surface area contributed by atoms with Crippen LogP contribution in [0, 0.1) is 15.5 Å². The average molecular weight is 303 g/mol. The number of hydrogen-bond donors (Lipinski definition) is 3. The van der Waals surface area contributed by atoms with Crippen LogP contribution in [0.1, 0.15) is 32.6 Å². The van der Waals surface area contributed by atoms with Gasteiger partial charge in [0.25, 0.3) is 0 Å². The zero-order chi connectivity index (χ0) is 16.3. The number of ether oxygens (including phenoxy) is 1. The van der Waals surface area contributed by atoms with Crippen LogP contribution in [0.25, 0.3) is 0 Å². The first-order chi connectivity index (χ1) is 9.93. The maximum atomic E-state index is 11.6. The minimum atomic E-state index is -1.22. The van der Waals surface area contributed by atoms with E-state index in [-0.39, 0.29) is 30.5 Å². The van der Waals surface area contributed by atoms with E-state index < -0.39 is 17.2 Å². The van der Waals surface area contributed by atoms with Crippen LogP contribution in [-0.4, -0.2) is 47.6 Å². The first kappa shape index (κ1) is 18.6. The van der Waals surface area contributed by atoms with Crippen LogP contribution in [0.5, 0.6) is 0 Å². The van der Waals surface area contributed by atoms with E-state index in [9.17, 15) is 19.7 Å². The van der Waals surface area contributed by atoms with E-state index in [0.29, 0.717) is 19.1 Å². The van der Waals surface area contributed by atoms with Crippen LogP contribution in [0.15, 0.2) is 0 Å². The Kier molecular flexibility index (Phi) is 9.22. The fourth-order valence-corrected chi connectivity index (χ4v) is 1.48. The molecule has 0 aromatic carbocycles. The molecule has 0 saturated heterocycles. The lowest BCUT2D eigenvalue weighted by atomic mass is 10.1. The van der Waals surface area contributed by atoms with E-state index in [0.717, 1.165) is 6.42 Å². The van der Waals surface area contributed by atoms with Crippen molar-refractivity contribution in [2.24, 2.45) is 5.73 Å². The van der Waals surface area contributed by atoms with Crippen molar-refractivity contribution >= 4 is 18.3 Å². The lowest BCUT2D eigenvalue weighted by Crippen LogP contribution is -2.46. The molecule has 10 heteroatoms. The predicted molar refractivity (Wildman–Crippen MR) is 74.1 cm³/mol. The molecule has 1 atom stereocenters. The number of unbranched alkanes of at least 4 members (excludes halogenated alkanes) is 1. The van der Waals surface area contributed by atoms with E-state index in [1.54, 1.807) is 0 Å². The van der Waals surface area contributed by atoms with Crippen LogP contribution in [0.3, 0.4) is 0 Å². The molecule has 0 aliphatic carbocycles. The molecule has 10 nitrogen and oxygen atoms in total. The molecule has 0 saturated carbocycles. The minimum Gasteiger partial charge on any atom is -0.446 e. The van der Waals surface area contributed by atoms with Crippen molar-refractivity contribution in [1.82, 2.24) is 10.3 Å². The summed E-state index contributed by atoms with van der Waals surface area (Å²) in [6, 6.07) is -1.22. The number of amides is 1. The molecule has 0 rings (SSSR count). The molecule has 0 fully saturated rings. The van der Waals surface area contributed by atoms with Gasteiger partial charge in [0.05, 0.1) is 6.61 Å². The SMILES string of the molecule is CCCCOC(=O)N(C(C=O)CCCNC(=N)N)[N+](=O)[O-]. The van der Waals surface area contributed by atoms with Crippen LogP contribution in [-0.2, 0) is 9.53 Å². The van der Waals surface area contributed by atoms with Crippen LogP contribution in [0.4, 0.5) is 4.79 Å². The van der Waals surface area contributed by atoms with E-state index in [1.165, 1.54) is 0 Å². The molecular formula is C11H21N5O5. The van der Waals surface area contributed by atoms with E-state index in [4.69, 9.17) is 15.9 Å². The molecule has 0 aromatic heterocycles. The highest BCUT2D eigenvalue weighted by molar-refractivity contribution is 5.74. The van der Waals surface area contributed by atoms with Crippen molar-refractivity contribution in [2.45, 2.75) is 38.6 Å². The maximum Gasteiger partial charge on any atom is 0.468 e. The summed E-state index contributed by atoms with van der Waals surface area (Å²) in [4.78, 5) is 33.5. The van der Waals surface area contributed by atoms with Crippen LogP contribution >= 0.6 is 0 Å². The Morgan fingerprint density at radius 3 is 2.71 bits per heavy atom. The molecule has 0 aliphatic rings. The summed E-state index contributed by atoms with van der Waals surface area (Å²) in [7, 11) is 0. The van der Waals surface area contributed by atoms with Crippen LogP contribution < -0.4 is 11.1 Å². The van der Waals surface area contributed by atoms with Gasteiger partial charge in [0.15, 0.2) is 17.0 Å². The molecule has 0 spiro atoms.